The predicted octanol–water partition coefficient (Wildman–Crippen LogP) is 3.46. The minimum absolute atomic E-state index is 0.146. The quantitative estimate of drug-likeness (QED) is 0.874. The topological polar surface area (TPSA) is 54.0 Å². The number of carbonyl (C=O) groups is 1. The van der Waals surface area contributed by atoms with Gasteiger partial charge < -0.3 is 10.6 Å². The molecule has 0 spiro atoms. The number of pyridine rings is 1. The Hall–Kier alpha value is -2.36. The van der Waals surface area contributed by atoms with E-state index in [1.807, 2.05) is 37.3 Å². The van der Waals surface area contributed by atoms with Gasteiger partial charge >= 0.3 is 0 Å². The highest BCUT2D eigenvalue weighted by atomic mass is 16.1. The molecule has 0 saturated carbocycles. The Balaban J connectivity index is 2.11. The van der Waals surface area contributed by atoms with Crippen LogP contribution in [-0.4, -0.2) is 17.4 Å². The molecule has 1 heterocycles. The molecule has 0 bridgehead atoms. The third kappa shape index (κ3) is 3.57. The maximum absolute atomic E-state index is 12.2. The van der Waals surface area contributed by atoms with Crippen molar-refractivity contribution in [3.8, 4) is 0 Å². The van der Waals surface area contributed by atoms with Crippen LogP contribution in [0.25, 0.3) is 0 Å². The predicted molar refractivity (Wildman–Crippen MR) is 82.1 cm³/mol. The summed E-state index contributed by atoms with van der Waals surface area (Å²) in [6.45, 7) is 4.92. The number of benzene rings is 1. The van der Waals surface area contributed by atoms with Gasteiger partial charge in [-0.2, -0.15) is 0 Å². The summed E-state index contributed by atoms with van der Waals surface area (Å²) in [6.07, 6.45) is 4.32. The van der Waals surface area contributed by atoms with Gasteiger partial charge in [-0.3, -0.25) is 9.78 Å². The summed E-state index contributed by atoms with van der Waals surface area (Å²) in [5.41, 5.74) is 3.28. The Morgan fingerprint density at radius 2 is 2.05 bits per heavy atom. The van der Waals surface area contributed by atoms with Crippen molar-refractivity contribution in [2.45, 2.75) is 20.3 Å². The van der Waals surface area contributed by atoms with E-state index >= 15 is 0 Å². The van der Waals surface area contributed by atoms with Gasteiger partial charge in [0.05, 0.1) is 11.3 Å². The van der Waals surface area contributed by atoms with E-state index in [1.54, 1.807) is 12.4 Å². The summed E-state index contributed by atoms with van der Waals surface area (Å²) in [5.74, 6) is -0.146. The fourth-order valence-electron chi connectivity index (χ4n) is 1.84. The van der Waals surface area contributed by atoms with Gasteiger partial charge in [-0.05, 0) is 31.0 Å². The molecule has 0 aliphatic carbocycles. The Morgan fingerprint density at radius 3 is 2.80 bits per heavy atom. The maximum Gasteiger partial charge on any atom is 0.257 e. The molecule has 2 rings (SSSR count). The van der Waals surface area contributed by atoms with Crippen molar-refractivity contribution in [2.24, 2.45) is 0 Å². The molecule has 0 aliphatic rings. The first-order chi connectivity index (χ1) is 9.70. The van der Waals surface area contributed by atoms with Gasteiger partial charge in [-0.25, -0.2) is 0 Å². The molecule has 2 N–H and O–H groups in total. The van der Waals surface area contributed by atoms with Crippen molar-refractivity contribution < 1.29 is 4.79 Å². The van der Waals surface area contributed by atoms with Crippen molar-refractivity contribution in [3.05, 3.63) is 53.9 Å². The van der Waals surface area contributed by atoms with Crippen LogP contribution in [0.5, 0.6) is 0 Å². The third-order valence-corrected chi connectivity index (χ3v) is 2.97. The van der Waals surface area contributed by atoms with Gasteiger partial charge in [-0.15, -0.1) is 0 Å². The molecule has 2 aromatic rings. The average molecular weight is 269 g/mol. The minimum atomic E-state index is -0.146. The molecular formula is C16H19N3O. The summed E-state index contributed by atoms with van der Waals surface area (Å²) in [7, 11) is 0. The number of hydrogen-bond donors (Lipinski definition) is 2. The number of para-hydroxylation sites is 1. The minimum Gasteiger partial charge on any atom is -0.384 e. The summed E-state index contributed by atoms with van der Waals surface area (Å²) < 4.78 is 0. The van der Waals surface area contributed by atoms with E-state index in [-0.39, 0.29) is 5.91 Å². The maximum atomic E-state index is 12.2. The first-order valence-corrected chi connectivity index (χ1v) is 6.76. The molecule has 1 amide bonds. The molecule has 104 valence electrons. The molecule has 0 unspecified atom stereocenters. The number of amides is 1. The van der Waals surface area contributed by atoms with Gasteiger partial charge in [0.1, 0.15) is 0 Å². The molecule has 0 radical (unpaired) electrons. The van der Waals surface area contributed by atoms with Crippen LogP contribution in [0.3, 0.4) is 0 Å². The van der Waals surface area contributed by atoms with Crippen LogP contribution in [0.2, 0.25) is 0 Å². The molecule has 20 heavy (non-hydrogen) atoms. The van der Waals surface area contributed by atoms with E-state index in [4.69, 9.17) is 0 Å². The lowest BCUT2D eigenvalue weighted by molar-refractivity contribution is 0.102. The first-order valence-electron chi connectivity index (χ1n) is 6.76. The zero-order valence-electron chi connectivity index (χ0n) is 11.8. The van der Waals surface area contributed by atoms with Crippen LogP contribution in [0, 0.1) is 6.92 Å². The van der Waals surface area contributed by atoms with Gasteiger partial charge in [-0.1, -0.05) is 25.1 Å². The van der Waals surface area contributed by atoms with Crippen molar-refractivity contribution in [1.29, 1.82) is 0 Å². The fraction of sp³-hybridized carbons (Fsp3) is 0.250. The first kappa shape index (κ1) is 14.1. The number of nitrogens with one attached hydrogen (secondary N) is 2. The normalized spacial score (nSPS) is 10.1. The monoisotopic (exact) mass is 269 g/mol. The van der Waals surface area contributed by atoms with Crippen molar-refractivity contribution in [3.63, 3.8) is 0 Å². The molecule has 0 fully saturated rings. The highest BCUT2D eigenvalue weighted by Gasteiger charge is 2.08. The van der Waals surface area contributed by atoms with E-state index in [9.17, 15) is 4.79 Å². The van der Waals surface area contributed by atoms with Gasteiger partial charge in [0.2, 0.25) is 0 Å². The molecule has 0 aliphatic heterocycles. The van der Waals surface area contributed by atoms with Crippen molar-refractivity contribution >= 4 is 17.3 Å². The largest absolute Gasteiger partial charge is 0.384 e. The Bertz CT molecular complexity index is 596. The molecule has 4 heteroatoms. The standard InChI is InChI=1S/C16H19N3O/c1-3-8-18-14-9-13(10-17-11-14)16(20)19-15-7-5-4-6-12(15)2/h4-7,9-11,18H,3,8H2,1-2H3,(H,19,20). The highest BCUT2D eigenvalue weighted by Crippen LogP contribution is 2.15. The second kappa shape index (κ2) is 6.70. The fourth-order valence-corrected chi connectivity index (χ4v) is 1.84. The molecule has 4 nitrogen and oxygen atoms in total. The van der Waals surface area contributed by atoms with Crippen molar-refractivity contribution in [2.75, 3.05) is 17.2 Å². The van der Waals surface area contributed by atoms with Crippen LogP contribution in [0.4, 0.5) is 11.4 Å². The number of nitrogens with zero attached hydrogens (tertiary/aromatic N) is 1. The smallest absolute Gasteiger partial charge is 0.257 e. The van der Waals surface area contributed by atoms with Crippen molar-refractivity contribution in [1.82, 2.24) is 4.98 Å². The van der Waals surface area contributed by atoms with Crippen LogP contribution in [0.15, 0.2) is 42.7 Å². The summed E-state index contributed by atoms with van der Waals surface area (Å²) in [5, 5.41) is 6.13. The summed E-state index contributed by atoms with van der Waals surface area (Å²) in [4.78, 5) is 16.3. The molecule has 1 aromatic carbocycles. The van der Waals surface area contributed by atoms with Gasteiger partial charge in [0, 0.05) is 24.6 Å². The SMILES string of the molecule is CCCNc1cncc(C(=O)Nc2ccccc2C)c1. The van der Waals surface area contributed by atoms with Crippen LogP contribution < -0.4 is 10.6 Å². The van der Waals surface area contributed by atoms with Crippen LogP contribution >= 0.6 is 0 Å². The Labute approximate surface area is 119 Å². The molecule has 0 atom stereocenters. The second-order valence-corrected chi connectivity index (χ2v) is 4.66. The number of hydrogen-bond acceptors (Lipinski definition) is 3. The highest BCUT2D eigenvalue weighted by molar-refractivity contribution is 6.04. The Kier molecular flexibility index (Phi) is 4.71. The van der Waals surface area contributed by atoms with Gasteiger partial charge in [0.15, 0.2) is 0 Å². The van der Waals surface area contributed by atoms with E-state index in [1.165, 1.54) is 0 Å². The van der Waals surface area contributed by atoms with E-state index < -0.39 is 0 Å². The molecule has 0 saturated heterocycles. The van der Waals surface area contributed by atoms with Crippen LogP contribution in [0.1, 0.15) is 29.3 Å². The number of aromatic nitrogens is 1. The lowest BCUT2D eigenvalue weighted by Crippen LogP contribution is -2.13. The lowest BCUT2D eigenvalue weighted by atomic mass is 10.2. The zero-order chi connectivity index (χ0) is 14.4. The number of carbonyl (C=O) groups excluding carboxylic acids is 1. The second-order valence-electron chi connectivity index (χ2n) is 4.66. The summed E-state index contributed by atoms with van der Waals surface area (Å²) >= 11 is 0. The lowest BCUT2D eigenvalue weighted by Gasteiger charge is -2.09. The van der Waals surface area contributed by atoms with E-state index in [0.29, 0.717) is 5.56 Å². The van der Waals surface area contributed by atoms with Crippen LogP contribution in [-0.2, 0) is 0 Å². The Morgan fingerprint density at radius 1 is 1.25 bits per heavy atom. The van der Waals surface area contributed by atoms with E-state index in [0.717, 1.165) is 29.9 Å². The average Bonchev–Trinajstić information content (AvgIpc) is 2.48. The number of anilines is 2. The molecular weight excluding hydrogens is 250 g/mol. The van der Waals surface area contributed by atoms with Gasteiger partial charge in [0.25, 0.3) is 5.91 Å². The molecule has 1 aromatic heterocycles. The third-order valence-electron chi connectivity index (χ3n) is 2.97. The van der Waals surface area contributed by atoms with E-state index in [2.05, 4.69) is 22.5 Å². The zero-order valence-corrected chi connectivity index (χ0v) is 11.8. The number of aryl methyl sites for hydroxylation is 1. The summed E-state index contributed by atoms with van der Waals surface area (Å²) in [6, 6.07) is 9.52. The number of rotatable bonds is 5.